The fraction of sp³-hybridized carbons (Fsp3) is 0.556. The van der Waals surface area contributed by atoms with Gasteiger partial charge in [-0.05, 0) is 20.8 Å². The van der Waals surface area contributed by atoms with Crippen molar-refractivity contribution in [1.82, 2.24) is 9.71 Å². The quantitative estimate of drug-likeness (QED) is 0.862. The predicted octanol–water partition coefficient (Wildman–Crippen LogP) is 1.10. The van der Waals surface area contributed by atoms with Gasteiger partial charge in [-0.3, -0.25) is 4.79 Å². The van der Waals surface area contributed by atoms with Crippen molar-refractivity contribution < 1.29 is 13.2 Å². The SMILES string of the molecule is CC(=O)Nc1nc(C)c(S(=O)(=O)NC(C)C)s1. The Morgan fingerprint density at radius 2 is 2.00 bits per heavy atom. The number of thiazole rings is 1. The molecule has 0 saturated heterocycles. The highest BCUT2D eigenvalue weighted by molar-refractivity contribution is 7.91. The van der Waals surface area contributed by atoms with Crippen LogP contribution in [0.1, 0.15) is 26.5 Å². The van der Waals surface area contributed by atoms with Crippen molar-refractivity contribution in [3.05, 3.63) is 5.69 Å². The molecule has 0 spiro atoms. The van der Waals surface area contributed by atoms with Gasteiger partial charge in [0.1, 0.15) is 0 Å². The van der Waals surface area contributed by atoms with E-state index in [1.807, 2.05) is 0 Å². The molecular formula is C9H15N3O3S2. The molecule has 1 rings (SSSR count). The van der Waals surface area contributed by atoms with Crippen molar-refractivity contribution in [2.24, 2.45) is 0 Å². The molecule has 96 valence electrons. The topological polar surface area (TPSA) is 88.2 Å². The Balaban J connectivity index is 3.06. The average Bonchev–Trinajstić information content (AvgIpc) is 2.43. The molecule has 0 fully saturated rings. The Labute approximate surface area is 105 Å². The van der Waals surface area contributed by atoms with Crippen LogP contribution in [0.5, 0.6) is 0 Å². The lowest BCUT2D eigenvalue weighted by molar-refractivity contribution is -0.114. The molecule has 0 unspecified atom stereocenters. The number of amides is 1. The molecule has 0 aliphatic carbocycles. The van der Waals surface area contributed by atoms with E-state index in [1.54, 1.807) is 20.8 Å². The fourth-order valence-electron chi connectivity index (χ4n) is 1.20. The lowest BCUT2D eigenvalue weighted by Crippen LogP contribution is -2.30. The second-order valence-corrected chi connectivity index (χ2v) is 6.76. The molecule has 1 aromatic rings. The Morgan fingerprint density at radius 3 is 2.47 bits per heavy atom. The summed E-state index contributed by atoms with van der Waals surface area (Å²) in [6, 6.07) is -0.189. The standard InChI is InChI=1S/C9H15N3O3S2/c1-5(2)12-17(14,15)8-6(3)10-9(16-8)11-7(4)13/h5,12H,1-4H3,(H,10,11,13). The van der Waals surface area contributed by atoms with Gasteiger partial charge in [-0.2, -0.15) is 0 Å². The second-order valence-electron chi connectivity index (χ2n) is 3.85. The molecule has 0 radical (unpaired) electrons. The highest BCUT2D eigenvalue weighted by atomic mass is 32.2. The summed E-state index contributed by atoms with van der Waals surface area (Å²) in [7, 11) is -3.55. The first-order valence-corrected chi connectivity index (χ1v) is 7.29. The third-order valence-corrected chi connectivity index (χ3v) is 5.01. The molecular weight excluding hydrogens is 262 g/mol. The zero-order chi connectivity index (χ0) is 13.2. The Hall–Kier alpha value is -0.990. The van der Waals surface area contributed by atoms with Gasteiger partial charge in [0.05, 0.1) is 5.69 Å². The lowest BCUT2D eigenvalue weighted by Gasteiger charge is -2.07. The van der Waals surface area contributed by atoms with Crippen molar-refractivity contribution in [2.45, 2.75) is 37.9 Å². The van der Waals surface area contributed by atoms with Crippen LogP contribution >= 0.6 is 11.3 Å². The van der Waals surface area contributed by atoms with Crippen LogP contribution in [0.2, 0.25) is 0 Å². The third-order valence-electron chi connectivity index (χ3n) is 1.67. The maximum Gasteiger partial charge on any atom is 0.252 e. The summed E-state index contributed by atoms with van der Waals surface area (Å²) >= 11 is 0.943. The van der Waals surface area contributed by atoms with Crippen molar-refractivity contribution in [3.8, 4) is 0 Å². The van der Waals surface area contributed by atoms with Gasteiger partial charge in [0.15, 0.2) is 9.34 Å². The van der Waals surface area contributed by atoms with Crippen LogP contribution in [0.3, 0.4) is 0 Å². The van der Waals surface area contributed by atoms with Gasteiger partial charge in [0, 0.05) is 13.0 Å². The van der Waals surface area contributed by atoms with Crippen LogP contribution in [0.15, 0.2) is 4.21 Å². The molecule has 0 atom stereocenters. The number of sulfonamides is 1. The Bertz CT molecular complexity index is 520. The maximum atomic E-state index is 11.9. The number of hydrogen-bond donors (Lipinski definition) is 2. The second kappa shape index (κ2) is 5.11. The number of nitrogens with one attached hydrogen (secondary N) is 2. The molecule has 6 nitrogen and oxygen atoms in total. The van der Waals surface area contributed by atoms with Gasteiger partial charge in [-0.1, -0.05) is 11.3 Å². The minimum atomic E-state index is -3.55. The third kappa shape index (κ3) is 3.76. The molecule has 1 amide bonds. The molecule has 8 heteroatoms. The molecule has 0 aliphatic heterocycles. The number of carbonyl (C=O) groups is 1. The first-order chi connectivity index (χ1) is 7.72. The van der Waals surface area contributed by atoms with E-state index in [0.29, 0.717) is 10.8 Å². The molecule has 1 heterocycles. The van der Waals surface area contributed by atoms with Gasteiger partial charge in [-0.15, -0.1) is 0 Å². The number of hydrogen-bond acceptors (Lipinski definition) is 5. The monoisotopic (exact) mass is 277 g/mol. The summed E-state index contributed by atoms with van der Waals surface area (Å²) in [5.74, 6) is -0.278. The van der Waals surface area contributed by atoms with Crippen LogP contribution in [0.25, 0.3) is 0 Å². The highest BCUT2D eigenvalue weighted by Crippen LogP contribution is 2.26. The highest BCUT2D eigenvalue weighted by Gasteiger charge is 2.22. The van der Waals surface area contributed by atoms with E-state index < -0.39 is 10.0 Å². The van der Waals surface area contributed by atoms with Gasteiger partial charge in [-0.25, -0.2) is 18.1 Å². The normalized spacial score (nSPS) is 11.8. The van der Waals surface area contributed by atoms with Crippen LogP contribution < -0.4 is 10.0 Å². The zero-order valence-corrected chi connectivity index (χ0v) is 11.7. The molecule has 0 bridgehead atoms. The summed E-state index contributed by atoms with van der Waals surface area (Å²) in [5, 5.41) is 2.76. The van der Waals surface area contributed by atoms with Crippen LogP contribution in [-0.4, -0.2) is 25.4 Å². The first kappa shape index (κ1) is 14.1. The van der Waals surface area contributed by atoms with Crippen LogP contribution in [0, 0.1) is 6.92 Å². The average molecular weight is 277 g/mol. The van der Waals surface area contributed by atoms with E-state index in [4.69, 9.17) is 0 Å². The van der Waals surface area contributed by atoms with E-state index in [0.717, 1.165) is 11.3 Å². The number of anilines is 1. The van der Waals surface area contributed by atoms with Crippen molar-refractivity contribution in [3.63, 3.8) is 0 Å². The van der Waals surface area contributed by atoms with Crippen molar-refractivity contribution in [1.29, 1.82) is 0 Å². The van der Waals surface area contributed by atoms with E-state index in [2.05, 4.69) is 15.0 Å². The minimum Gasteiger partial charge on any atom is -0.302 e. The van der Waals surface area contributed by atoms with E-state index >= 15 is 0 Å². The Morgan fingerprint density at radius 1 is 1.41 bits per heavy atom. The van der Waals surface area contributed by atoms with Crippen LogP contribution in [-0.2, 0) is 14.8 Å². The zero-order valence-electron chi connectivity index (χ0n) is 10.1. The fourth-order valence-corrected chi connectivity index (χ4v) is 3.93. The molecule has 1 aromatic heterocycles. The van der Waals surface area contributed by atoms with Gasteiger partial charge in [0.25, 0.3) is 10.0 Å². The van der Waals surface area contributed by atoms with Gasteiger partial charge in [0.2, 0.25) is 5.91 Å². The van der Waals surface area contributed by atoms with Gasteiger partial charge < -0.3 is 5.32 Å². The first-order valence-electron chi connectivity index (χ1n) is 4.99. The van der Waals surface area contributed by atoms with E-state index in [9.17, 15) is 13.2 Å². The summed E-state index contributed by atoms with van der Waals surface area (Å²) in [5.41, 5.74) is 0.381. The van der Waals surface area contributed by atoms with E-state index in [-0.39, 0.29) is 16.2 Å². The van der Waals surface area contributed by atoms with Crippen LogP contribution in [0.4, 0.5) is 5.13 Å². The molecule has 0 saturated carbocycles. The maximum absolute atomic E-state index is 11.9. The summed E-state index contributed by atoms with van der Waals surface area (Å²) < 4.78 is 26.4. The number of carbonyl (C=O) groups excluding carboxylic acids is 1. The minimum absolute atomic E-state index is 0.134. The molecule has 2 N–H and O–H groups in total. The van der Waals surface area contributed by atoms with E-state index in [1.165, 1.54) is 6.92 Å². The Kier molecular flexibility index (Phi) is 4.23. The smallest absolute Gasteiger partial charge is 0.252 e. The summed E-state index contributed by atoms with van der Waals surface area (Å²) in [6.45, 7) is 6.42. The number of nitrogens with zero attached hydrogens (tertiary/aromatic N) is 1. The number of rotatable bonds is 4. The van der Waals surface area contributed by atoms with Crippen molar-refractivity contribution in [2.75, 3.05) is 5.32 Å². The predicted molar refractivity (Wildman–Crippen MR) is 66.6 cm³/mol. The van der Waals surface area contributed by atoms with Gasteiger partial charge >= 0.3 is 0 Å². The lowest BCUT2D eigenvalue weighted by atomic mass is 10.4. The molecule has 0 aromatic carbocycles. The largest absolute Gasteiger partial charge is 0.302 e. The number of aromatic nitrogens is 1. The van der Waals surface area contributed by atoms with Crippen molar-refractivity contribution >= 4 is 32.4 Å². The molecule has 0 aliphatic rings. The molecule has 17 heavy (non-hydrogen) atoms. The summed E-state index contributed by atoms with van der Waals surface area (Å²) in [4.78, 5) is 14.8. The summed E-state index contributed by atoms with van der Waals surface area (Å²) in [6.07, 6.45) is 0. The number of aryl methyl sites for hydroxylation is 1.